The van der Waals surface area contributed by atoms with Crippen molar-refractivity contribution in [1.29, 1.82) is 0 Å². The fourth-order valence-corrected chi connectivity index (χ4v) is 3.03. The van der Waals surface area contributed by atoms with Gasteiger partial charge in [-0.05, 0) is 50.6 Å². The van der Waals surface area contributed by atoms with Gasteiger partial charge in [0, 0.05) is 5.56 Å². The Morgan fingerprint density at radius 2 is 1.97 bits per heavy atom. The number of ketones is 1. The van der Waals surface area contributed by atoms with Crippen molar-refractivity contribution in [1.82, 2.24) is 0 Å². The van der Waals surface area contributed by atoms with Crippen molar-refractivity contribution in [2.45, 2.75) is 33.3 Å². The largest absolute Gasteiger partial charge is 0.491 e. The van der Waals surface area contributed by atoms with Crippen LogP contribution in [0.3, 0.4) is 0 Å². The second kappa shape index (κ2) is 8.77. The molecule has 0 radical (unpaired) electrons. The Morgan fingerprint density at radius 3 is 2.69 bits per heavy atom. The third kappa shape index (κ3) is 4.56. The van der Waals surface area contributed by atoms with Gasteiger partial charge >= 0.3 is 0 Å². The molecule has 7 heteroatoms. The van der Waals surface area contributed by atoms with Crippen LogP contribution >= 0.6 is 0 Å². The molecule has 0 spiro atoms. The van der Waals surface area contributed by atoms with Gasteiger partial charge in [-0.2, -0.15) is 0 Å². The number of carbonyl (C=O) groups is 3. The molecule has 3 rings (SSSR count). The summed E-state index contributed by atoms with van der Waals surface area (Å²) in [6.07, 6.45) is 0.121. The minimum atomic E-state index is -0.723. The number of fused-ring (bicyclic) bond motifs is 1. The minimum Gasteiger partial charge on any atom is -0.491 e. The molecule has 1 unspecified atom stereocenters. The van der Waals surface area contributed by atoms with Crippen LogP contribution in [0.1, 0.15) is 37.6 Å². The van der Waals surface area contributed by atoms with Gasteiger partial charge in [0.2, 0.25) is 5.91 Å². The molecule has 0 bridgehead atoms. The van der Waals surface area contributed by atoms with Crippen molar-refractivity contribution in [3.8, 4) is 11.5 Å². The molecular weight excluding hydrogens is 372 g/mol. The van der Waals surface area contributed by atoms with E-state index in [-0.39, 0.29) is 24.1 Å². The van der Waals surface area contributed by atoms with Crippen LogP contribution in [0, 0.1) is 0 Å². The van der Waals surface area contributed by atoms with Crippen LogP contribution in [0.15, 0.2) is 42.5 Å². The molecule has 1 atom stereocenters. The Kier molecular flexibility index (Phi) is 6.16. The number of rotatable bonds is 7. The van der Waals surface area contributed by atoms with Gasteiger partial charge in [0.05, 0.1) is 18.0 Å². The normalized spacial score (nSPS) is 15.3. The molecule has 1 N–H and O–H groups in total. The monoisotopic (exact) mass is 396 g/mol. The third-order valence-electron chi connectivity index (χ3n) is 4.50. The topological polar surface area (TPSA) is 84.9 Å². The zero-order valence-corrected chi connectivity index (χ0v) is 16.7. The van der Waals surface area contributed by atoms with Crippen LogP contribution in [0.25, 0.3) is 0 Å². The average molecular weight is 396 g/mol. The van der Waals surface area contributed by atoms with Gasteiger partial charge in [-0.25, -0.2) is 0 Å². The number of hydrogen-bond acceptors (Lipinski definition) is 5. The second-order valence-corrected chi connectivity index (χ2v) is 6.82. The smallest absolute Gasteiger partial charge is 0.268 e. The Morgan fingerprint density at radius 1 is 1.21 bits per heavy atom. The number of carbonyl (C=O) groups excluding carboxylic acids is 3. The zero-order chi connectivity index (χ0) is 21.0. The van der Waals surface area contributed by atoms with E-state index in [2.05, 4.69) is 5.32 Å². The predicted molar refractivity (Wildman–Crippen MR) is 110 cm³/mol. The lowest BCUT2D eigenvalue weighted by Gasteiger charge is -2.32. The maximum Gasteiger partial charge on any atom is 0.268 e. The first-order valence-corrected chi connectivity index (χ1v) is 9.55. The van der Waals surface area contributed by atoms with Crippen LogP contribution in [-0.4, -0.2) is 36.9 Å². The highest BCUT2D eigenvalue weighted by Crippen LogP contribution is 2.35. The Bertz CT molecular complexity index is 941. The number of hydrogen-bond donors (Lipinski definition) is 1. The summed E-state index contributed by atoms with van der Waals surface area (Å²) in [7, 11) is 0. The van der Waals surface area contributed by atoms with Gasteiger partial charge in [0.15, 0.2) is 11.9 Å². The van der Waals surface area contributed by atoms with Gasteiger partial charge in [-0.3, -0.25) is 19.3 Å². The lowest BCUT2D eigenvalue weighted by Crippen LogP contribution is -2.47. The summed E-state index contributed by atoms with van der Waals surface area (Å²) in [5.41, 5.74) is 1.39. The van der Waals surface area contributed by atoms with Crippen LogP contribution in [0.2, 0.25) is 0 Å². The molecule has 0 saturated carbocycles. The van der Waals surface area contributed by atoms with E-state index in [0.717, 1.165) is 6.42 Å². The van der Waals surface area contributed by atoms with E-state index < -0.39 is 6.10 Å². The van der Waals surface area contributed by atoms with E-state index in [4.69, 9.17) is 9.47 Å². The summed E-state index contributed by atoms with van der Waals surface area (Å²) in [6.45, 7) is 5.40. The molecule has 1 heterocycles. The first kappa shape index (κ1) is 20.4. The highest BCUT2D eigenvalue weighted by atomic mass is 16.5. The standard InChI is InChI=1S/C22H24N2O5/c1-4-11-28-19-8-6-5-7-17(19)23-21(26)13-24-18-12-16(14(2)25)9-10-20(18)29-15(3)22(24)27/h5-10,12,15H,4,11,13H2,1-3H3,(H,23,26). The number of nitrogens with one attached hydrogen (secondary N) is 1. The van der Waals surface area contributed by atoms with Crippen molar-refractivity contribution in [2.75, 3.05) is 23.4 Å². The highest BCUT2D eigenvalue weighted by molar-refractivity contribution is 6.07. The van der Waals surface area contributed by atoms with Gasteiger partial charge < -0.3 is 14.8 Å². The summed E-state index contributed by atoms with van der Waals surface area (Å²) < 4.78 is 11.3. The Hall–Kier alpha value is -3.35. The minimum absolute atomic E-state index is 0.134. The molecule has 7 nitrogen and oxygen atoms in total. The highest BCUT2D eigenvalue weighted by Gasteiger charge is 2.33. The first-order chi connectivity index (χ1) is 13.9. The number of nitrogens with zero attached hydrogens (tertiary/aromatic N) is 1. The van der Waals surface area contributed by atoms with Crippen LogP contribution in [-0.2, 0) is 9.59 Å². The van der Waals surface area contributed by atoms with Crippen LogP contribution in [0.4, 0.5) is 11.4 Å². The molecule has 152 valence electrons. The SMILES string of the molecule is CCCOc1ccccc1NC(=O)CN1C(=O)C(C)Oc2ccc(C(C)=O)cc21. The van der Waals surface area contributed by atoms with E-state index in [0.29, 0.717) is 35.0 Å². The van der Waals surface area contributed by atoms with Crippen molar-refractivity contribution < 1.29 is 23.9 Å². The number of ether oxygens (including phenoxy) is 2. The molecule has 29 heavy (non-hydrogen) atoms. The van der Waals surface area contributed by atoms with Crippen molar-refractivity contribution >= 4 is 29.0 Å². The fraction of sp³-hybridized carbons (Fsp3) is 0.318. The van der Waals surface area contributed by atoms with E-state index in [1.807, 2.05) is 13.0 Å². The van der Waals surface area contributed by atoms with Gasteiger partial charge in [0.1, 0.15) is 18.0 Å². The van der Waals surface area contributed by atoms with E-state index >= 15 is 0 Å². The summed E-state index contributed by atoms with van der Waals surface area (Å²) >= 11 is 0. The lowest BCUT2D eigenvalue weighted by atomic mass is 10.1. The molecular formula is C22H24N2O5. The number of amides is 2. The first-order valence-electron chi connectivity index (χ1n) is 9.55. The third-order valence-corrected chi connectivity index (χ3v) is 4.50. The molecule has 0 fully saturated rings. The van der Waals surface area contributed by atoms with E-state index in [1.165, 1.54) is 11.8 Å². The average Bonchev–Trinajstić information content (AvgIpc) is 2.70. The van der Waals surface area contributed by atoms with Crippen molar-refractivity contribution in [3.63, 3.8) is 0 Å². The van der Waals surface area contributed by atoms with Crippen LogP contribution < -0.4 is 19.7 Å². The summed E-state index contributed by atoms with van der Waals surface area (Å²) in [5, 5.41) is 2.80. The zero-order valence-electron chi connectivity index (χ0n) is 16.7. The molecule has 1 aliphatic heterocycles. The molecule has 1 aliphatic rings. The van der Waals surface area contributed by atoms with Gasteiger partial charge in [0.25, 0.3) is 5.91 Å². The molecule has 2 aromatic carbocycles. The molecule has 0 aliphatic carbocycles. The van der Waals surface area contributed by atoms with E-state index in [1.54, 1.807) is 43.3 Å². The number of para-hydroxylation sites is 2. The molecule has 2 aromatic rings. The van der Waals surface area contributed by atoms with E-state index in [9.17, 15) is 14.4 Å². The van der Waals surface area contributed by atoms with Crippen LogP contribution in [0.5, 0.6) is 11.5 Å². The summed E-state index contributed by atoms with van der Waals surface area (Å²) in [4.78, 5) is 38.5. The maximum atomic E-state index is 12.7. The molecule has 2 amide bonds. The molecule has 0 saturated heterocycles. The van der Waals surface area contributed by atoms with Gasteiger partial charge in [-0.15, -0.1) is 0 Å². The van der Waals surface area contributed by atoms with Crippen molar-refractivity contribution in [3.05, 3.63) is 48.0 Å². The summed E-state index contributed by atoms with van der Waals surface area (Å²) in [6, 6.07) is 12.0. The quantitative estimate of drug-likeness (QED) is 0.725. The van der Waals surface area contributed by atoms with Gasteiger partial charge in [-0.1, -0.05) is 19.1 Å². The maximum absolute atomic E-state index is 12.7. The second-order valence-electron chi connectivity index (χ2n) is 6.82. The van der Waals surface area contributed by atoms with Crippen molar-refractivity contribution in [2.24, 2.45) is 0 Å². The molecule has 0 aromatic heterocycles. The Labute approximate surface area is 169 Å². The summed E-state index contributed by atoms with van der Waals surface area (Å²) in [5.74, 6) is 0.179. The number of Topliss-reactive ketones (excluding diaryl/α,β-unsaturated/α-hetero) is 1. The number of anilines is 2. The predicted octanol–water partition coefficient (Wildman–Crippen LogP) is 3.43. The lowest BCUT2D eigenvalue weighted by molar-refractivity contribution is -0.127. The Balaban J connectivity index is 1.82. The number of benzene rings is 2. The fourth-order valence-electron chi connectivity index (χ4n) is 3.03.